The van der Waals surface area contributed by atoms with Gasteiger partial charge in [-0.25, -0.2) is 9.67 Å². The summed E-state index contributed by atoms with van der Waals surface area (Å²) in [5.74, 6) is 0.457. The normalized spacial score (nSPS) is 11.1. The highest BCUT2D eigenvalue weighted by Crippen LogP contribution is 2.14. The van der Waals surface area contributed by atoms with Crippen molar-refractivity contribution < 1.29 is 4.79 Å². The minimum atomic E-state index is -0.176. The fraction of sp³-hybridized carbons (Fsp3) is 0.238. The Morgan fingerprint density at radius 3 is 2.72 bits per heavy atom. The van der Waals surface area contributed by atoms with Crippen LogP contribution in [0.15, 0.2) is 59.1 Å². The van der Waals surface area contributed by atoms with Gasteiger partial charge < -0.3 is 5.32 Å². The molecule has 0 unspecified atom stereocenters. The molecule has 0 atom stereocenters. The van der Waals surface area contributed by atoms with E-state index >= 15 is 0 Å². The molecule has 3 aromatic heterocycles. The van der Waals surface area contributed by atoms with Crippen molar-refractivity contribution in [2.24, 2.45) is 0 Å². The summed E-state index contributed by atoms with van der Waals surface area (Å²) in [6.45, 7) is 2.97. The van der Waals surface area contributed by atoms with E-state index in [1.807, 2.05) is 5.38 Å². The molecule has 0 spiro atoms. The van der Waals surface area contributed by atoms with Gasteiger partial charge in [-0.15, -0.1) is 11.3 Å². The summed E-state index contributed by atoms with van der Waals surface area (Å²) < 4.78 is 3.23. The Bertz CT molecular complexity index is 1190. The number of carbonyl (C=O) groups is 1. The molecule has 1 amide bonds. The van der Waals surface area contributed by atoms with E-state index in [9.17, 15) is 9.59 Å². The van der Waals surface area contributed by atoms with Crippen LogP contribution in [0.3, 0.4) is 0 Å². The molecule has 0 radical (unpaired) electrons. The Hall–Kier alpha value is -3.26. The molecule has 0 fully saturated rings. The van der Waals surface area contributed by atoms with Crippen LogP contribution >= 0.6 is 11.3 Å². The third kappa shape index (κ3) is 4.27. The highest BCUT2D eigenvalue weighted by molar-refractivity contribution is 7.16. The summed E-state index contributed by atoms with van der Waals surface area (Å²) in [4.78, 5) is 29.8. The topological polar surface area (TPSA) is 81.8 Å². The van der Waals surface area contributed by atoms with E-state index < -0.39 is 0 Å². The molecular weight excluding hydrogens is 386 g/mol. The number of nitrogens with one attached hydrogen (secondary N) is 1. The van der Waals surface area contributed by atoms with Crippen LogP contribution in [0.1, 0.15) is 24.5 Å². The standard InChI is InChI=1S/C21H21N5O2S/c1-2-15-3-5-16(6-4-15)13-26-18(7-10-23-26)24-19(27)8-11-25-14-22-20-17(21(25)28)9-12-29-20/h3-7,9-10,12,14H,2,8,11,13H2,1H3,(H,24,27). The molecular formula is C21H21N5O2S. The monoisotopic (exact) mass is 407 g/mol. The van der Waals surface area contributed by atoms with Crippen molar-refractivity contribution in [1.82, 2.24) is 19.3 Å². The lowest BCUT2D eigenvalue weighted by Gasteiger charge is -2.10. The van der Waals surface area contributed by atoms with Gasteiger partial charge in [0.05, 0.1) is 24.5 Å². The van der Waals surface area contributed by atoms with Gasteiger partial charge in [0, 0.05) is 19.0 Å². The molecule has 4 aromatic rings. The zero-order valence-corrected chi connectivity index (χ0v) is 16.9. The van der Waals surface area contributed by atoms with Crippen molar-refractivity contribution in [3.05, 3.63) is 75.8 Å². The second-order valence-corrected chi connectivity index (χ2v) is 7.62. The lowest BCUT2D eigenvalue weighted by Crippen LogP contribution is -2.24. The van der Waals surface area contributed by atoms with Crippen molar-refractivity contribution >= 4 is 33.3 Å². The average molecular weight is 407 g/mol. The molecule has 29 heavy (non-hydrogen) atoms. The lowest BCUT2D eigenvalue weighted by atomic mass is 10.1. The molecule has 0 aliphatic heterocycles. The number of carbonyl (C=O) groups excluding carboxylic acids is 1. The first-order chi connectivity index (χ1) is 14.1. The van der Waals surface area contributed by atoms with E-state index in [2.05, 4.69) is 46.6 Å². The minimum absolute atomic E-state index is 0.121. The number of fused-ring (bicyclic) bond motifs is 1. The minimum Gasteiger partial charge on any atom is -0.311 e. The summed E-state index contributed by atoms with van der Waals surface area (Å²) in [5.41, 5.74) is 2.28. The fourth-order valence-corrected chi connectivity index (χ4v) is 3.82. The SMILES string of the molecule is CCc1ccc(Cn2nccc2NC(=O)CCn2cnc3sccc3c2=O)cc1. The largest absolute Gasteiger partial charge is 0.311 e. The van der Waals surface area contributed by atoms with Crippen LogP contribution < -0.4 is 10.9 Å². The predicted octanol–water partition coefficient (Wildman–Crippen LogP) is 3.29. The molecule has 0 saturated heterocycles. The number of aromatic nitrogens is 4. The van der Waals surface area contributed by atoms with Gasteiger partial charge in [-0.1, -0.05) is 31.2 Å². The summed E-state index contributed by atoms with van der Waals surface area (Å²) >= 11 is 1.43. The van der Waals surface area contributed by atoms with Crippen molar-refractivity contribution in [2.45, 2.75) is 32.9 Å². The van der Waals surface area contributed by atoms with Gasteiger partial charge in [0.15, 0.2) is 0 Å². The summed E-state index contributed by atoms with van der Waals surface area (Å²) in [7, 11) is 0. The van der Waals surface area contributed by atoms with Crippen LogP contribution in [0.25, 0.3) is 10.2 Å². The summed E-state index contributed by atoms with van der Waals surface area (Å²) in [6.07, 6.45) is 4.34. The molecule has 0 aliphatic carbocycles. The van der Waals surface area contributed by atoms with Crippen LogP contribution in [0.2, 0.25) is 0 Å². The van der Waals surface area contributed by atoms with Crippen LogP contribution in [-0.4, -0.2) is 25.2 Å². The second-order valence-electron chi connectivity index (χ2n) is 6.72. The number of benzene rings is 1. The van der Waals surface area contributed by atoms with Crippen molar-refractivity contribution in [3.63, 3.8) is 0 Å². The number of hydrogen-bond acceptors (Lipinski definition) is 5. The smallest absolute Gasteiger partial charge is 0.262 e. The van der Waals surface area contributed by atoms with Crippen LogP contribution in [0.4, 0.5) is 5.82 Å². The first kappa shape index (κ1) is 19.1. The van der Waals surface area contributed by atoms with Gasteiger partial charge in [0.1, 0.15) is 10.6 Å². The molecule has 0 saturated carbocycles. The van der Waals surface area contributed by atoms with Crippen molar-refractivity contribution in [2.75, 3.05) is 5.32 Å². The van der Waals surface area contributed by atoms with Crippen molar-refractivity contribution in [1.29, 1.82) is 0 Å². The van der Waals surface area contributed by atoms with E-state index in [1.165, 1.54) is 27.8 Å². The Labute approximate surface area is 171 Å². The summed E-state index contributed by atoms with van der Waals surface area (Å²) in [6, 6.07) is 11.9. The zero-order valence-electron chi connectivity index (χ0n) is 16.0. The highest BCUT2D eigenvalue weighted by Gasteiger charge is 2.10. The van der Waals surface area contributed by atoms with Crippen LogP contribution in [-0.2, 0) is 24.3 Å². The Balaban J connectivity index is 1.39. The highest BCUT2D eigenvalue weighted by atomic mass is 32.1. The number of hydrogen-bond donors (Lipinski definition) is 1. The van der Waals surface area contributed by atoms with Gasteiger partial charge >= 0.3 is 0 Å². The molecule has 1 N–H and O–H groups in total. The Morgan fingerprint density at radius 1 is 1.14 bits per heavy atom. The fourth-order valence-electron chi connectivity index (χ4n) is 3.10. The molecule has 148 valence electrons. The maximum atomic E-state index is 12.4. The first-order valence-corrected chi connectivity index (χ1v) is 10.3. The Morgan fingerprint density at radius 2 is 1.93 bits per heavy atom. The number of thiophene rings is 1. The molecule has 1 aromatic carbocycles. The molecule has 8 heteroatoms. The van der Waals surface area contributed by atoms with Gasteiger partial charge in [-0.2, -0.15) is 5.10 Å². The first-order valence-electron chi connectivity index (χ1n) is 9.46. The summed E-state index contributed by atoms with van der Waals surface area (Å²) in [5, 5.41) is 9.62. The Kier molecular flexibility index (Phi) is 5.53. The zero-order chi connectivity index (χ0) is 20.2. The average Bonchev–Trinajstić information content (AvgIpc) is 3.38. The number of amides is 1. The molecule has 4 rings (SSSR count). The van der Waals surface area contributed by atoms with E-state index in [0.29, 0.717) is 22.6 Å². The van der Waals surface area contributed by atoms with Gasteiger partial charge in [-0.05, 0) is 29.0 Å². The van der Waals surface area contributed by atoms with Gasteiger partial charge in [0.2, 0.25) is 5.91 Å². The molecule has 0 bridgehead atoms. The van der Waals surface area contributed by atoms with E-state index in [0.717, 1.165) is 12.0 Å². The number of aryl methyl sites for hydroxylation is 2. The molecule has 7 nitrogen and oxygen atoms in total. The third-order valence-corrected chi connectivity index (χ3v) is 5.60. The quantitative estimate of drug-likeness (QED) is 0.510. The number of nitrogens with zero attached hydrogens (tertiary/aromatic N) is 4. The molecule has 3 heterocycles. The van der Waals surface area contributed by atoms with Crippen LogP contribution in [0, 0.1) is 0 Å². The molecule has 0 aliphatic rings. The van der Waals surface area contributed by atoms with E-state index in [1.54, 1.807) is 23.0 Å². The van der Waals surface area contributed by atoms with E-state index in [4.69, 9.17) is 0 Å². The second kappa shape index (κ2) is 8.40. The lowest BCUT2D eigenvalue weighted by molar-refractivity contribution is -0.116. The number of anilines is 1. The predicted molar refractivity (Wildman–Crippen MR) is 114 cm³/mol. The third-order valence-electron chi connectivity index (χ3n) is 4.78. The van der Waals surface area contributed by atoms with Crippen LogP contribution in [0.5, 0.6) is 0 Å². The van der Waals surface area contributed by atoms with Crippen molar-refractivity contribution in [3.8, 4) is 0 Å². The van der Waals surface area contributed by atoms with Gasteiger partial charge in [-0.3, -0.25) is 14.2 Å². The number of rotatable bonds is 7. The maximum absolute atomic E-state index is 12.4. The van der Waals surface area contributed by atoms with Gasteiger partial charge in [0.25, 0.3) is 5.56 Å². The maximum Gasteiger partial charge on any atom is 0.262 e. The van der Waals surface area contributed by atoms with E-state index in [-0.39, 0.29) is 24.4 Å².